The van der Waals surface area contributed by atoms with Crippen LogP contribution < -0.4 is 5.73 Å². The Bertz CT molecular complexity index is 177. The van der Waals surface area contributed by atoms with E-state index in [0.29, 0.717) is 0 Å². The van der Waals surface area contributed by atoms with E-state index in [1.807, 2.05) is 6.92 Å². The molecular weight excluding hydrogens is 134 g/mol. The fourth-order valence-electron chi connectivity index (χ4n) is 0.807. The fraction of sp³-hybridized carbons (Fsp3) is 0.400. The van der Waals surface area contributed by atoms with Crippen LogP contribution in [0.25, 0.3) is 0 Å². The minimum atomic E-state index is 0.750. The van der Waals surface area contributed by atoms with Crippen LogP contribution in [0.4, 0.5) is 0 Å². The van der Waals surface area contributed by atoms with E-state index in [2.05, 4.69) is 38.1 Å². The zero-order valence-electron chi connectivity index (χ0n) is 7.59. The molecule has 1 rings (SSSR count). The summed E-state index contributed by atoms with van der Waals surface area (Å²) in [5.74, 6) is 0. The summed E-state index contributed by atoms with van der Waals surface area (Å²) in [6.07, 6.45) is 0. The van der Waals surface area contributed by atoms with Gasteiger partial charge in [0.05, 0.1) is 0 Å². The molecule has 0 fully saturated rings. The molecule has 0 amide bonds. The van der Waals surface area contributed by atoms with Crippen LogP contribution in [0.5, 0.6) is 0 Å². The molecule has 0 saturated heterocycles. The molecule has 11 heavy (non-hydrogen) atoms. The highest BCUT2D eigenvalue weighted by atomic mass is 14.5. The van der Waals surface area contributed by atoms with Crippen LogP contribution in [0.1, 0.15) is 18.1 Å². The Labute approximate surface area is 69.2 Å². The van der Waals surface area contributed by atoms with E-state index < -0.39 is 0 Å². The Kier molecular flexibility index (Phi) is 5.49. The summed E-state index contributed by atoms with van der Waals surface area (Å²) >= 11 is 0. The third kappa shape index (κ3) is 5.62. The quantitative estimate of drug-likeness (QED) is 0.604. The second kappa shape index (κ2) is 5.93. The highest BCUT2D eigenvalue weighted by molar-refractivity contribution is 5.20. The maximum Gasteiger partial charge on any atom is -0.0106 e. The lowest BCUT2D eigenvalue weighted by Gasteiger charge is -1.90. The van der Waals surface area contributed by atoms with E-state index in [1.165, 1.54) is 11.1 Å². The third-order valence-electron chi connectivity index (χ3n) is 1.17. The molecule has 0 aliphatic rings. The molecule has 0 bridgehead atoms. The first-order valence-electron chi connectivity index (χ1n) is 3.94. The number of hydrogen-bond donors (Lipinski definition) is 1. The molecule has 0 saturated carbocycles. The van der Waals surface area contributed by atoms with Crippen LogP contribution >= 0.6 is 0 Å². The van der Waals surface area contributed by atoms with E-state index in [4.69, 9.17) is 5.73 Å². The first-order valence-corrected chi connectivity index (χ1v) is 3.94. The van der Waals surface area contributed by atoms with Crippen LogP contribution in [0.15, 0.2) is 24.3 Å². The van der Waals surface area contributed by atoms with Gasteiger partial charge in [-0.05, 0) is 20.4 Å². The molecule has 0 aliphatic carbocycles. The summed E-state index contributed by atoms with van der Waals surface area (Å²) < 4.78 is 0. The average molecular weight is 151 g/mol. The van der Waals surface area contributed by atoms with E-state index in [0.717, 1.165) is 6.54 Å². The molecule has 1 aromatic carbocycles. The van der Waals surface area contributed by atoms with Crippen molar-refractivity contribution >= 4 is 0 Å². The lowest BCUT2D eigenvalue weighted by molar-refractivity contribution is 1.14. The molecule has 0 radical (unpaired) electrons. The van der Waals surface area contributed by atoms with E-state index >= 15 is 0 Å². The molecule has 1 heteroatoms. The summed E-state index contributed by atoms with van der Waals surface area (Å²) in [4.78, 5) is 0. The van der Waals surface area contributed by atoms with E-state index in [-0.39, 0.29) is 0 Å². The Morgan fingerprint density at radius 1 is 1.18 bits per heavy atom. The average Bonchev–Trinajstić information content (AvgIpc) is 1.88. The summed E-state index contributed by atoms with van der Waals surface area (Å²) in [5, 5.41) is 0. The maximum absolute atomic E-state index is 4.85. The third-order valence-corrected chi connectivity index (χ3v) is 1.17. The molecule has 0 atom stereocenters. The Morgan fingerprint density at radius 3 is 1.73 bits per heavy atom. The second-order valence-corrected chi connectivity index (χ2v) is 2.57. The molecule has 1 aromatic rings. The number of benzene rings is 1. The summed E-state index contributed by atoms with van der Waals surface area (Å²) in [6.45, 7) is 6.86. The summed E-state index contributed by atoms with van der Waals surface area (Å²) in [6, 6.07) is 8.45. The van der Waals surface area contributed by atoms with E-state index in [9.17, 15) is 0 Å². The smallest absolute Gasteiger partial charge is 0.0106 e. The predicted molar refractivity (Wildman–Crippen MR) is 50.6 cm³/mol. The van der Waals surface area contributed by atoms with Gasteiger partial charge in [-0.15, -0.1) is 0 Å². The molecule has 0 unspecified atom stereocenters. The van der Waals surface area contributed by atoms with Crippen LogP contribution in [0.3, 0.4) is 0 Å². The highest BCUT2D eigenvalue weighted by Crippen LogP contribution is 2.00. The van der Waals surface area contributed by atoms with Crippen molar-refractivity contribution in [1.29, 1.82) is 0 Å². The first kappa shape index (κ1) is 10.2. The topological polar surface area (TPSA) is 26.0 Å². The maximum atomic E-state index is 4.85. The van der Waals surface area contributed by atoms with Crippen molar-refractivity contribution in [2.24, 2.45) is 5.73 Å². The molecule has 0 aliphatic heterocycles. The number of aryl methyl sites for hydroxylation is 2. The van der Waals surface area contributed by atoms with Crippen molar-refractivity contribution in [3.8, 4) is 0 Å². The van der Waals surface area contributed by atoms with Gasteiger partial charge in [0.1, 0.15) is 0 Å². The number of hydrogen-bond acceptors (Lipinski definition) is 1. The van der Waals surface area contributed by atoms with Crippen LogP contribution in [-0.2, 0) is 0 Å². The minimum Gasteiger partial charge on any atom is -0.331 e. The van der Waals surface area contributed by atoms with Crippen molar-refractivity contribution in [1.82, 2.24) is 0 Å². The monoisotopic (exact) mass is 151 g/mol. The standard InChI is InChI=1S/C8H10.C2H7N/c1-7-4-3-5-8(2)6-7;1-2-3/h3-6H,1-2H3;2-3H2,1H3. The van der Waals surface area contributed by atoms with Gasteiger partial charge in [0, 0.05) is 0 Å². The zero-order valence-corrected chi connectivity index (χ0v) is 7.59. The van der Waals surface area contributed by atoms with Crippen molar-refractivity contribution in [3.63, 3.8) is 0 Å². The molecule has 0 aromatic heterocycles. The first-order chi connectivity index (χ1) is 5.20. The predicted octanol–water partition coefficient (Wildman–Crippen LogP) is 2.27. The molecule has 2 N–H and O–H groups in total. The van der Waals surface area contributed by atoms with Crippen molar-refractivity contribution in [2.45, 2.75) is 20.8 Å². The van der Waals surface area contributed by atoms with Gasteiger partial charge >= 0.3 is 0 Å². The number of nitrogens with two attached hydrogens (primary N) is 1. The van der Waals surface area contributed by atoms with Crippen molar-refractivity contribution < 1.29 is 0 Å². The lowest BCUT2D eigenvalue weighted by Crippen LogP contribution is -1.87. The zero-order chi connectivity index (χ0) is 8.69. The van der Waals surface area contributed by atoms with Gasteiger partial charge in [0.25, 0.3) is 0 Å². The Balaban J connectivity index is 0.000000292. The largest absolute Gasteiger partial charge is 0.331 e. The normalized spacial score (nSPS) is 8.36. The summed E-state index contributed by atoms with van der Waals surface area (Å²) in [7, 11) is 0. The van der Waals surface area contributed by atoms with Crippen LogP contribution in [0, 0.1) is 13.8 Å². The number of rotatable bonds is 0. The Morgan fingerprint density at radius 2 is 1.55 bits per heavy atom. The van der Waals surface area contributed by atoms with Gasteiger partial charge < -0.3 is 5.73 Å². The van der Waals surface area contributed by atoms with Crippen LogP contribution in [0.2, 0.25) is 0 Å². The van der Waals surface area contributed by atoms with E-state index in [1.54, 1.807) is 0 Å². The molecule has 0 heterocycles. The van der Waals surface area contributed by atoms with Crippen LogP contribution in [-0.4, -0.2) is 6.54 Å². The molecule has 1 nitrogen and oxygen atoms in total. The molecule has 62 valence electrons. The fourth-order valence-corrected chi connectivity index (χ4v) is 0.807. The minimum absolute atomic E-state index is 0.750. The molecule has 0 spiro atoms. The van der Waals surface area contributed by atoms with Gasteiger partial charge in [0.15, 0.2) is 0 Å². The highest BCUT2D eigenvalue weighted by Gasteiger charge is 1.80. The lowest BCUT2D eigenvalue weighted by atomic mass is 10.2. The van der Waals surface area contributed by atoms with Crippen molar-refractivity contribution in [2.75, 3.05) is 6.54 Å². The van der Waals surface area contributed by atoms with Gasteiger partial charge in [-0.1, -0.05) is 42.3 Å². The second-order valence-electron chi connectivity index (χ2n) is 2.57. The van der Waals surface area contributed by atoms with Gasteiger partial charge in [-0.3, -0.25) is 0 Å². The van der Waals surface area contributed by atoms with Gasteiger partial charge in [-0.25, -0.2) is 0 Å². The SMILES string of the molecule is CCN.Cc1cccc(C)c1. The van der Waals surface area contributed by atoms with Gasteiger partial charge in [0.2, 0.25) is 0 Å². The van der Waals surface area contributed by atoms with Gasteiger partial charge in [-0.2, -0.15) is 0 Å². The molecular formula is C10H17N. The Hall–Kier alpha value is -0.820. The van der Waals surface area contributed by atoms with Crippen molar-refractivity contribution in [3.05, 3.63) is 35.4 Å². The summed E-state index contributed by atoms with van der Waals surface area (Å²) in [5.41, 5.74) is 7.52.